The van der Waals surface area contributed by atoms with Gasteiger partial charge in [-0.2, -0.15) is 5.26 Å². The Bertz CT molecular complexity index is 776. The van der Waals surface area contributed by atoms with Gasteiger partial charge in [0.15, 0.2) is 0 Å². The maximum atomic E-state index is 12.8. The first-order valence-electron chi connectivity index (χ1n) is 10.6. The van der Waals surface area contributed by atoms with Gasteiger partial charge < -0.3 is 15.5 Å². The van der Waals surface area contributed by atoms with Crippen molar-refractivity contribution >= 4 is 11.9 Å². The molecule has 4 saturated carbocycles. The van der Waals surface area contributed by atoms with Crippen molar-refractivity contribution in [2.75, 3.05) is 18.4 Å². The lowest BCUT2D eigenvalue weighted by Gasteiger charge is -2.62. The molecule has 1 saturated heterocycles. The molecule has 0 aromatic carbocycles. The smallest absolute Gasteiger partial charge is 0.237 e. The molecule has 6 rings (SSSR count). The highest BCUT2D eigenvalue weighted by Crippen LogP contribution is 2.58. The van der Waals surface area contributed by atoms with Crippen LogP contribution in [0.5, 0.6) is 0 Å². The van der Waals surface area contributed by atoms with E-state index in [4.69, 9.17) is 0 Å². The summed E-state index contributed by atoms with van der Waals surface area (Å²) in [5, 5.41) is 16.6. The van der Waals surface area contributed by atoms with Crippen molar-refractivity contribution < 1.29 is 4.79 Å². The van der Waals surface area contributed by atoms with Crippen molar-refractivity contribution in [3.05, 3.63) is 18.5 Å². The summed E-state index contributed by atoms with van der Waals surface area (Å²) in [6.07, 6.45) is 12.3. The number of carbonyl (C=O) groups is 1. The molecule has 1 amide bonds. The summed E-state index contributed by atoms with van der Waals surface area (Å²) in [6.45, 7) is 1.06. The van der Waals surface area contributed by atoms with E-state index >= 15 is 0 Å². The second kappa shape index (κ2) is 6.70. The number of nitriles is 1. The van der Waals surface area contributed by atoms with Gasteiger partial charge in [0.25, 0.3) is 0 Å². The number of hydrogen-bond acceptors (Lipinski definition) is 6. The zero-order valence-corrected chi connectivity index (χ0v) is 16.2. The van der Waals surface area contributed by atoms with Gasteiger partial charge in [-0.25, -0.2) is 9.97 Å². The van der Waals surface area contributed by atoms with Crippen LogP contribution in [0.15, 0.2) is 18.5 Å². The molecule has 5 fully saturated rings. The number of likely N-dealkylation sites (tertiary alicyclic amines) is 1. The summed E-state index contributed by atoms with van der Waals surface area (Å²) in [7, 11) is 0. The molecule has 4 bridgehead atoms. The summed E-state index contributed by atoms with van der Waals surface area (Å²) in [5.41, 5.74) is 0.0493. The number of nitrogens with zero attached hydrogens (tertiary/aromatic N) is 4. The van der Waals surface area contributed by atoms with Crippen LogP contribution in [0, 0.1) is 23.2 Å². The van der Waals surface area contributed by atoms with E-state index in [1.54, 1.807) is 17.3 Å². The zero-order chi connectivity index (χ0) is 19.2. The van der Waals surface area contributed by atoms with Gasteiger partial charge in [0.1, 0.15) is 6.04 Å². The first-order chi connectivity index (χ1) is 13.6. The molecule has 2 heterocycles. The van der Waals surface area contributed by atoms with Gasteiger partial charge in [-0.05, 0) is 69.3 Å². The largest absolute Gasteiger partial charge is 0.349 e. The van der Waals surface area contributed by atoms with Crippen molar-refractivity contribution in [3.8, 4) is 6.07 Å². The Labute approximate surface area is 165 Å². The molecule has 3 unspecified atom stereocenters. The quantitative estimate of drug-likeness (QED) is 0.812. The molecule has 0 radical (unpaired) electrons. The lowest BCUT2D eigenvalue weighted by molar-refractivity contribution is -0.131. The van der Waals surface area contributed by atoms with Gasteiger partial charge >= 0.3 is 0 Å². The van der Waals surface area contributed by atoms with Crippen LogP contribution < -0.4 is 10.6 Å². The highest BCUT2D eigenvalue weighted by molar-refractivity contribution is 5.79. The summed E-state index contributed by atoms with van der Waals surface area (Å²) in [5.74, 6) is 2.18. The van der Waals surface area contributed by atoms with Gasteiger partial charge in [0.2, 0.25) is 11.9 Å². The number of hydrogen-bond donors (Lipinski definition) is 2. The zero-order valence-electron chi connectivity index (χ0n) is 16.2. The fourth-order valence-electron chi connectivity index (χ4n) is 6.78. The Morgan fingerprint density at radius 3 is 2.64 bits per heavy atom. The normalized spacial score (nSPS) is 38.4. The van der Waals surface area contributed by atoms with Crippen LogP contribution in [-0.2, 0) is 4.79 Å². The van der Waals surface area contributed by atoms with Crippen molar-refractivity contribution in [3.63, 3.8) is 0 Å². The highest BCUT2D eigenvalue weighted by atomic mass is 16.2. The first-order valence-corrected chi connectivity index (χ1v) is 10.6. The number of aromatic nitrogens is 2. The number of amides is 1. The molecule has 7 nitrogen and oxygen atoms in total. The SMILES string of the molecule is N#CC1CCCN1C(=O)CNC12CC3CC(C1)CC(Nc1ncccn1)(C3)C2. The van der Waals surface area contributed by atoms with Crippen LogP contribution >= 0.6 is 0 Å². The lowest BCUT2D eigenvalue weighted by Crippen LogP contribution is -2.67. The van der Waals surface area contributed by atoms with Gasteiger partial charge in [-0.15, -0.1) is 0 Å². The van der Waals surface area contributed by atoms with Crippen LogP contribution in [0.3, 0.4) is 0 Å². The maximum Gasteiger partial charge on any atom is 0.237 e. The summed E-state index contributed by atoms with van der Waals surface area (Å²) >= 11 is 0. The van der Waals surface area contributed by atoms with Gasteiger partial charge in [-0.1, -0.05) is 0 Å². The molecule has 3 atom stereocenters. The predicted octanol–water partition coefficient (Wildman–Crippen LogP) is 2.08. The number of rotatable bonds is 5. The molecule has 1 aliphatic heterocycles. The van der Waals surface area contributed by atoms with E-state index in [1.807, 2.05) is 6.07 Å². The Morgan fingerprint density at radius 1 is 1.21 bits per heavy atom. The van der Waals surface area contributed by atoms with Crippen LogP contribution in [-0.4, -0.2) is 51.0 Å². The van der Waals surface area contributed by atoms with E-state index in [9.17, 15) is 10.1 Å². The van der Waals surface area contributed by atoms with E-state index in [-0.39, 0.29) is 23.0 Å². The minimum atomic E-state index is -0.242. The molecule has 28 heavy (non-hydrogen) atoms. The molecular weight excluding hydrogens is 352 g/mol. The average molecular weight is 380 g/mol. The third kappa shape index (κ3) is 3.14. The van der Waals surface area contributed by atoms with E-state index in [2.05, 4.69) is 26.7 Å². The van der Waals surface area contributed by atoms with Crippen LogP contribution in [0.2, 0.25) is 0 Å². The third-order valence-corrected chi connectivity index (χ3v) is 7.34. The third-order valence-electron chi connectivity index (χ3n) is 7.34. The lowest BCUT2D eigenvalue weighted by atomic mass is 9.50. The van der Waals surface area contributed by atoms with Gasteiger partial charge in [0.05, 0.1) is 12.6 Å². The van der Waals surface area contributed by atoms with E-state index in [1.165, 1.54) is 19.3 Å². The molecule has 2 N–H and O–H groups in total. The molecule has 7 heteroatoms. The average Bonchev–Trinajstić information content (AvgIpc) is 3.14. The van der Waals surface area contributed by atoms with Crippen molar-refractivity contribution in [1.82, 2.24) is 20.2 Å². The molecule has 1 aromatic rings. The summed E-state index contributed by atoms with van der Waals surface area (Å²) in [4.78, 5) is 23.3. The molecular formula is C21H28N6O. The number of nitrogens with one attached hydrogen (secondary N) is 2. The Balaban J connectivity index is 1.30. The topological polar surface area (TPSA) is 93.9 Å². The van der Waals surface area contributed by atoms with Crippen LogP contribution in [0.1, 0.15) is 51.4 Å². The first kappa shape index (κ1) is 17.9. The van der Waals surface area contributed by atoms with E-state index in [0.717, 1.165) is 32.1 Å². The molecule has 0 spiro atoms. The maximum absolute atomic E-state index is 12.8. The van der Waals surface area contributed by atoms with Crippen LogP contribution in [0.25, 0.3) is 0 Å². The predicted molar refractivity (Wildman–Crippen MR) is 104 cm³/mol. The standard InChI is InChI=1S/C21H28N6O/c22-12-17-3-1-6-27(17)18(28)13-25-20-8-15-7-16(9-20)11-21(10-15,14-20)26-19-23-4-2-5-24-19/h2,4-5,15-17,25H,1,3,6-11,13-14H2,(H,23,24,26). The monoisotopic (exact) mass is 380 g/mol. The van der Waals surface area contributed by atoms with Gasteiger partial charge in [-0.3, -0.25) is 4.79 Å². The molecule has 148 valence electrons. The fraction of sp³-hybridized carbons (Fsp3) is 0.714. The minimum absolute atomic E-state index is 0.0172. The second-order valence-corrected chi connectivity index (χ2v) is 9.45. The Kier molecular flexibility index (Phi) is 4.27. The van der Waals surface area contributed by atoms with Crippen molar-refractivity contribution in [1.29, 1.82) is 5.26 Å². The molecule has 4 aliphatic carbocycles. The fourth-order valence-corrected chi connectivity index (χ4v) is 6.78. The Hall–Kier alpha value is -2.20. The van der Waals surface area contributed by atoms with Gasteiger partial charge in [0, 0.05) is 30.0 Å². The number of anilines is 1. The van der Waals surface area contributed by atoms with Crippen LogP contribution in [0.4, 0.5) is 5.95 Å². The highest BCUT2D eigenvalue weighted by Gasteiger charge is 2.58. The summed E-state index contributed by atoms with van der Waals surface area (Å²) in [6, 6.07) is 3.87. The minimum Gasteiger partial charge on any atom is -0.349 e. The van der Waals surface area contributed by atoms with E-state index < -0.39 is 0 Å². The number of carbonyl (C=O) groups excluding carboxylic acids is 1. The Morgan fingerprint density at radius 2 is 1.93 bits per heavy atom. The van der Waals surface area contributed by atoms with E-state index in [0.29, 0.717) is 30.9 Å². The summed E-state index contributed by atoms with van der Waals surface area (Å²) < 4.78 is 0. The van der Waals surface area contributed by atoms with Crippen molar-refractivity contribution in [2.24, 2.45) is 11.8 Å². The molecule has 1 aromatic heterocycles. The second-order valence-electron chi connectivity index (χ2n) is 9.45. The van der Waals surface area contributed by atoms with Crippen molar-refractivity contribution in [2.45, 2.75) is 68.5 Å². The molecule has 5 aliphatic rings.